The maximum absolute atomic E-state index is 6.45. The van der Waals surface area contributed by atoms with E-state index in [9.17, 15) is 0 Å². The van der Waals surface area contributed by atoms with Crippen molar-refractivity contribution in [3.8, 4) is 51.3 Å². The molecule has 4 aliphatic carbocycles. The van der Waals surface area contributed by atoms with Crippen molar-refractivity contribution in [1.82, 2.24) is 68.7 Å². The Bertz CT molecular complexity index is 8340. The third-order valence-corrected chi connectivity index (χ3v) is 25.9. The number of fused-ring (bicyclic) bond motifs is 12. The summed E-state index contributed by atoms with van der Waals surface area (Å²) < 4.78 is 37.1. The molecule has 12 heterocycles. The van der Waals surface area contributed by atoms with Crippen LogP contribution in [0.4, 0.5) is 45.5 Å². The number of nitrogens with zero attached hydrogens (tertiary/aromatic N) is 18. The van der Waals surface area contributed by atoms with Crippen LogP contribution in [-0.2, 0) is 84.3 Å². The van der Waals surface area contributed by atoms with Crippen molar-refractivity contribution < 1.29 is 103 Å². The molecule has 28 rings (SSSR count). The Hall–Kier alpha value is -15.7. The number of benzene rings is 12. The zero-order chi connectivity index (χ0) is 92.3. The summed E-state index contributed by atoms with van der Waals surface area (Å²) in [6.07, 6.45) is 47.8. The van der Waals surface area contributed by atoms with Gasteiger partial charge in [0, 0.05) is 82.0 Å². The Morgan fingerprint density at radius 3 is 1.42 bits per heavy atom. The van der Waals surface area contributed by atoms with E-state index in [-0.39, 0.29) is 142 Å². The molecule has 0 spiro atoms. The zero-order valence-electron chi connectivity index (χ0n) is 78.1. The van der Waals surface area contributed by atoms with Crippen LogP contribution in [0, 0.1) is 51.3 Å². The van der Waals surface area contributed by atoms with Gasteiger partial charge >= 0.3 is 84.3 Å². The number of anilines is 8. The van der Waals surface area contributed by atoms with Crippen LogP contribution in [0.2, 0.25) is 0 Å². The second kappa shape index (κ2) is 42.5. The first kappa shape index (κ1) is 98.1. The maximum atomic E-state index is 6.45. The second-order valence-corrected chi connectivity index (χ2v) is 34.4. The van der Waals surface area contributed by atoms with Crippen molar-refractivity contribution in [3.63, 3.8) is 0 Å². The van der Waals surface area contributed by atoms with Crippen LogP contribution in [0.1, 0.15) is 12.6 Å². The van der Waals surface area contributed by atoms with Crippen molar-refractivity contribution in [2.75, 3.05) is 19.6 Å². The average molecular weight is 2610 g/mol. The largest absolute Gasteiger partial charge is 2.00 e. The molecule has 22 nitrogen and oxygen atoms in total. The number of rotatable bonds is 12. The fourth-order valence-electron chi connectivity index (χ4n) is 19.4. The van der Waals surface area contributed by atoms with Crippen molar-refractivity contribution in [2.24, 2.45) is 0 Å². The minimum absolute atomic E-state index is 0. The van der Waals surface area contributed by atoms with Crippen LogP contribution in [-0.4, -0.2) is 117 Å². The molecule has 0 bridgehead atoms. The topological polar surface area (TPSA) is 183 Å². The molecule has 0 saturated carbocycles. The molecule has 8 aromatic heterocycles. The van der Waals surface area contributed by atoms with Gasteiger partial charge in [0.15, 0.2) is 0 Å². The van der Waals surface area contributed by atoms with E-state index in [1.165, 1.54) is 0 Å². The Labute approximate surface area is 896 Å². The normalized spacial score (nSPS) is 18.4. The first-order valence-electron chi connectivity index (χ1n) is 46.1. The second-order valence-electron chi connectivity index (χ2n) is 34.4. The van der Waals surface area contributed by atoms with E-state index in [1.807, 2.05) is 290 Å². The predicted octanol–water partition coefficient (Wildman–Crippen LogP) is 24.1. The molecule has 26 heteroatoms. The van der Waals surface area contributed by atoms with E-state index in [4.69, 9.17) is 18.9 Å². The monoisotopic (exact) mass is 2610 g/mol. The van der Waals surface area contributed by atoms with Gasteiger partial charge in [-0.3, -0.25) is 18.7 Å². The van der Waals surface area contributed by atoms with Crippen LogP contribution < -0.4 is 38.5 Å². The summed E-state index contributed by atoms with van der Waals surface area (Å²) in [7, 11) is 0. The third-order valence-electron chi connectivity index (χ3n) is 25.9. The smallest absolute Gasteiger partial charge is 0.485 e. The number of ether oxygens (including phenoxy) is 4. The van der Waals surface area contributed by atoms with E-state index >= 15 is 0 Å². The van der Waals surface area contributed by atoms with Crippen molar-refractivity contribution in [1.29, 1.82) is 0 Å². The molecular formula is C119H88N18O4Pt4. The molecule has 4 aliphatic heterocycles. The number of aromatic nitrogens is 14. The molecule has 8 unspecified atom stereocenters. The SMILES string of the molecule is CC12[C-]=C(n3cccn3)C=CC1Oc1ccccc1N2c1[c-]c(-n2ncc3ccccc32)ccc1.[C-]1=C(c2ccccn2)C=CC2Oc3ccccc3N(c3cccc(-n4ncc5ccccc54)c3)C12.[C-]1=C(n2ncc3ccccc32)C=CC2Oc3ccccc3N(c3[c-]c(-c4ccccn4)ccc3)C12.[CH3-].[CH3-].[Pt+2].[Pt+2].[Pt+2].[Pt+2].[c-]1c(N2c3ccccc3OC3C=CC(n4ncc5ccccc54)=CC32)cccc1-n1cccn1. The molecule has 20 aromatic rings. The Kier molecular flexibility index (Phi) is 28.7. The Morgan fingerprint density at radius 1 is 0.324 bits per heavy atom. The molecule has 0 amide bonds. The van der Waals surface area contributed by atoms with Gasteiger partial charge in [0.2, 0.25) is 0 Å². The number of pyridine rings is 2. The van der Waals surface area contributed by atoms with E-state index in [2.05, 4.69) is 261 Å². The minimum atomic E-state index is -0.633. The molecule has 145 heavy (non-hydrogen) atoms. The van der Waals surface area contributed by atoms with E-state index in [0.717, 1.165) is 169 Å². The molecule has 8 atom stereocenters. The van der Waals surface area contributed by atoms with Gasteiger partial charge in [-0.25, -0.2) is 21.5 Å². The number of para-hydroxylation sites is 12. The molecule has 12 aromatic carbocycles. The summed E-state index contributed by atoms with van der Waals surface area (Å²) in [5.74, 6) is 3.38. The van der Waals surface area contributed by atoms with Gasteiger partial charge in [-0.05, 0) is 162 Å². The van der Waals surface area contributed by atoms with Gasteiger partial charge in [0.1, 0.15) is 47.4 Å². The molecular weight excluding hydrogens is 2530 g/mol. The van der Waals surface area contributed by atoms with E-state index in [1.54, 1.807) is 18.6 Å². The van der Waals surface area contributed by atoms with Crippen LogP contribution in [0.3, 0.4) is 0 Å². The zero-order valence-corrected chi connectivity index (χ0v) is 87.1. The molecule has 0 saturated heterocycles. The standard InChI is InChI=1S/C30H21N4O.C30H20N4O.C29H21N5O.C28H20N5O.2CH3.4Pt/c1-2-12-26-22(8-1)20-32-34(26)24-10-7-9-23(19-24)33-27-13-3-4-14-29(27)35-30-16-15-21(18-28(30)33)25-11-5-6-17-31-25;1-2-12-26-22(8-1)20-32-34(26)24-15-16-30-28(19-24)33(27-13-3-4-14-29(27)35-30)23-10-7-9-21(18-23)25-11-5-6-17-31-25;1-29-19-24(32-17-7-16-30-32)14-15-28(29)35-27-13-5-4-12-26(27)33(29)22-9-6-10-23(18-22)34-25-11-3-2-8-21(25)20-31-34;1-2-10-24-20(7-1)19-30-33(24)23-13-14-28-26(18-23)32(25-11-3-4-12-27(25)34-28)22-9-5-8-21(17-22)31-16-6-15-29-31;;;;;;/h1-17,19-20,28,30H;1-17,20,28,30H;2-17,20,28H,1H3;1-16,18-19,26,28H;2*1H3;;;;/q-1;2*-2;3*-1;4*+2. The van der Waals surface area contributed by atoms with Gasteiger partial charge in [-0.15, -0.1) is 89.8 Å². The molecule has 0 radical (unpaired) electrons. The van der Waals surface area contributed by atoms with E-state index in [0.29, 0.717) is 0 Å². The van der Waals surface area contributed by atoms with Crippen molar-refractivity contribution in [3.05, 3.63) is 495 Å². The fraction of sp³-hybridized carbons (Fsp3) is 0.0756. The van der Waals surface area contributed by atoms with Gasteiger partial charge < -0.3 is 63.4 Å². The first-order valence-corrected chi connectivity index (χ1v) is 46.1. The molecule has 0 N–H and O–H groups in total. The quantitative estimate of drug-likeness (QED) is 0.105. The van der Waals surface area contributed by atoms with Crippen molar-refractivity contribution >= 4 is 112 Å². The molecule has 718 valence electrons. The maximum Gasteiger partial charge on any atom is 2.00 e. The molecule has 8 aliphatic rings. The van der Waals surface area contributed by atoms with Crippen molar-refractivity contribution in [2.45, 2.75) is 55.0 Å². The molecule has 0 fully saturated rings. The van der Waals surface area contributed by atoms with Gasteiger partial charge in [-0.1, -0.05) is 176 Å². The minimum Gasteiger partial charge on any atom is -0.485 e. The van der Waals surface area contributed by atoms with Crippen LogP contribution in [0.25, 0.3) is 94.6 Å². The Balaban J connectivity index is 0.000000121. The van der Waals surface area contributed by atoms with E-state index < -0.39 is 5.54 Å². The van der Waals surface area contributed by atoms with Gasteiger partial charge in [-0.2, -0.15) is 72.6 Å². The summed E-state index contributed by atoms with van der Waals surface area (Å²) in [6.45, 7) is 2.14. The summed E-state index contributed by atoms with van der Waals surface area (Å²) in [5, 5.41) is 31.8. The summed E-state index contributed by atoms with van der Waals surface area (Å²) in [5.41, 5.74) is 20.7. The van der Waals surface area contributed by atoms with Crippen LogP contribution in [0.5, 0.6) is 23.0 Å². The summed E-state index contributed by atoms with van der Waals surface area (Å²) >= 11 is 0. The van der Waals surface area contributed by atoms with Gasteiger partial charge in [0.25, 0.3) is 0 Å². The number of hydrogen-bond acceptors (Lipinski definition) is 16. The fourth-order valence-corrected chi connectivity index (χ4v) is 19.4. The Morgan fingerprint density at radius 2 is 0.786 bits per heavy atom. The average Bonchev–Trinajstić information content (AvgIpc) is 1.71. The van der Waals surface area contributed by atoms with Crippen LogP contribution in [0.15, 0.2) is 438 Å². The summed E-state index contributed by atoms with van der Waals surface area (Å²) in [6, 6.07) is 118. The third kappa shape index (κ3) is 18.7. The predicted molar refractivity (Wildman–Crippen MR) is 556 cm³/mol. The number of allylic oxidation sites excluding steroid dienone is 8. The van der Waals surface area contributed by atoms with Crippen LogP contribution >= 0.6 is 0 Å². The number of hydrogen-bond donors (Lipinski definition) is 0. The first-order chi connectivity index (χ1) is 68.7. The van der Waals surface area contributed by atoms with Gasteiger partial charge in [0.05, 0.1) is 87.0 Å². The summed E-state index contributed by atoms with van der Waals surface area (Å²) in [4.78, 5) is 18.2.